The summed E-state index contributed by atoms with van der Waals surface area (Å²) in [6.45, 7) is 15.2. The first-order chi connectivity index (χ1) is 19.1. The van der Waals surface area contributed by atoms with Gasteiger partial charge in [-0.05, 0) is 67.7 Å². The van der Waals surface area contributed by atoms with Crippen molar-refractivity contribution in [3.63, 3.8) is 0 Å². The number of hydrazine groups is 1. The van der Waals surface area contributed by atoms with Crippen LogP contribution in [-0.4, -0.2) is 112 Å². The molecule has 6 amide bonds. The highest BCUT2D eigenvalue weighted by molar-refractivity contribution is 5.90. The summed E-state index contributed by atoms with van der Waals surface area (Å²) in [4.78, 5) is 73.9. The average Bonchev–Trinajstić information content (AvgIpc) is 2.97. The van der Waals surface area contributed by atoms with Crippen molar-refractivity contribution in [2.75, 3.05) is 39.3 Å². The van der Waals surface area contributed by atoms with Crippen LogP contribution in [0.25, 0.3) is 0 Å². The second-order valence-electron chi connectivity index (χ2n) is 12.2. The second-order valence-corrected chi connectivity index (χ2v) is 12.2. The first kappa shape index (κ1) is 33.9. The Morgan fingerprint density at radius 1 is 0.976 bits per heavy atom. The van der Waals surface area contributed by atoms with Gasteiger partial charge < -0.3 is 19.3 Å². The van der Waals surface area contributed by atoms with Gasteiger partial charge in [0.15, 0.2) is 0 Å². The Bertz CT molecular complexity index is 941. The van der Waals surface area contributed by atoms with Gasteiger partial charge in [0.25, 0.3) is 11.8 Å². The minimum Gasteiger partial charge on any atom is -0.444 e. The molecule has 0 aromatic rings. The number of likely N-dealkylation sites (N-methyl/N-ethyl adjacent to an activating group) is 1. The highest BCUT2D eigenvalue weighted by Gasteiger charge is 2.41. The highest BCUT2D eigenvalue weighted by Crippen LogP contribution is 2.21. The van der Waals surface area contributed by atoms with Crippen molar-refractivity contribution in [3.8, 4) is 0 Å². The summed E-state index contributed by atoms with van der Waals surface area (Å²) in [7, 11) is 0. The number of amides is 6. The van der Waals surface area contributed by atoms with E-state index >= 15 is 0 Å². The zero-order valence-electron chi connectivity index (χ0n) is 25.8. The summed E-state index contributed by atoms with van der Waals surface area (Å²) in [6.07, 6.45) is 1.44. The molecule has 2 heterocycles. The maximum atomic E-state index is 13.0. The highest BCUT2D eigenvalue weighted by atomic mass is 16.7. The lowest BCUT2D eigenvalue weighted by Gasteiger charge is -2.45. The topological polar surface area (TPSA) is 150 Å². The number of urea groups is 1. The van der Waals surface area contributed by atoms with Crippen molar-refractivity contribution < 1.29 is 38.3 Å². The van der Waals surface area contributed by atoms with E-state index < -0.39 is 59.9 Å². The van der Waals surface area contributed by atoms with Crippen molar-refractivity contribution in [2.24, 2.45) is 0 Å². The molecule has 0 aliphatic carbocycles. The van der Waals surface area contributed by atoms with Gasteiger partial charge in [-0.15, -0.1) is 0 Å². The van der Waals surface area contributed by atoms with Gasteiger partial charge in [0.2, 0.25) is 0 Å². The van der Waals surface area contributed by atoms with Gasteiger partial charge >= 0.3 is 18.2 Å². The molecule has 0 saturated carbocycles. The van der Waals surface area contributed by atoms with Crippen molar-refractivity contribution in [3.05, 3.63) is 0 Å². The lowest BCUT2D eigenvalue weighted by Crippen LogP contribution is -2.65. The number of hydrogen-bond donors (Lipinski definition) is 2. The smallest absolute Gasteiger partial charge is 0.411 e. The lowest BCUT2D eigenvalue weighted by molar-refractivity contribution is -0.134. The Morgan fingerprint density at radius 3 is 2.17 bits per heavy atom. The van der Waals surface area contributed by atoms with E-state index in [4.69, 9.17) is 14.3 Å². The molecule has 0 aromatic heterocycles. The standard InChI is InChI=1S/C27H48N6O8/c1-9-11-15-39-33-14-12-13-20(31(10-2)23(33)36)22(35)29-28-21(34)18-32(25(38)41-27(6,7)8)19-16-30(17-19)24(37)40-26(3,4)5/h19-20H,9-18H2,1-8H3,(H,28,34)(H,29,35)/t20-/m0/s1. The van der Waals surface area contributed by atoms with Crippen LogP contribution in [0, 0.1) is 0 Å². The summed E-state index contributed by atoms with van der Waals surface area (Å²) in [6, 6.07) is -1.68. The third-order valence-corrected chi connectivity index (χ3v) is 6.28. The van der Waals surface area contributed by atoms with Crippen LogP contribution in [0.2, 0.25) is 0 Å². The van der Waals surface area contributed by atoms with Crippen LogP contribution in [-0.2, 0) is 23.9 Å². The molecular weight excluding hydrogens is 536 g/mol. The van der Waals surface area contributed by atoms with E-state index in [0.29, 0.717) is 26.0 Å². The third kappa shape index (κ3) is 10.6. The van der Waals surface area contributed by atoms with Gasteiger partial charge in [-0.3, -0.25) is 30.2 Å². The Labute approximate surface area is 242 Å². The molecule has 234 valence electrons. The number of likely N-dealkylation sites (tertiary alicyclic amines) is 1. The molecule has 14 heteroatoms. The maximum absolute atomic E-state index is 13.0. The first-order valence-electron chi connectivity index (χ1n) is 14.3. The van der Waals surface area contributed by atoms with Crippen LogP contribution >= 0.6 is 0 Å². The SMILES string of the molecule is CCCCON1CCC[C@@H](C(=O)NNC(=O)CN(C(=O)OC(C)(C)C)C2CN(C(=O)OC(C)(C)C)C2)N(CC)C1=O. The van der Waals surface area contributed by atoms with Crippen LogP contribution < -0.4 is 10.9 Å². The summed E-state index contributed by atoms with van der Waals surface area (Å²) in [5, 5.41) is 1.29. The van der Waals surface area contributed by atoms with Crippen molar-refractivity contribution in [2.45, 2.75) is 104 Å². The van der Waals surface area contributed by atoms with Gasteiger partial charge in [0.05, 0.1) is 19.2 Å². The number of rotatable bonds is 9. The number of ether oxygens (including phenoxy) is 2. The van der Waals surface area contributed by atoms with Gasteiger partial charge in [0, 0.05) is 19.6 Å². The van der Waals surface area contributed by atoms with Crippen LogP contribution in [0.5, 0.6) is 0 Å². The van der Waals surface area contributed by atoms with E-state index in [0.717, 1.165) is 12.8 Å². The van der Waals surface area contributed by atoms with Crippen LogP contribution in [0.4, 0.5) is 14.4 Å². The number of carbonyl (C=O) groups is 5. The largest absolute Gasteiger partial charge is 0.444 e. The number of nitrogens with one attached hydrogen (secondary N) is 2. The molecule has 0 spiro atoms. The van der Waals surface area contributed by atoms with Gasteiger partial charge in [-0.25, -0.2) is 19.4 Å². The number of unbranched alkanes of at least 4 members (excludes halogenated alkanes) is 1. The molecule has 2 aliphatic rings. The van der Waals surface area contributed by atoms with Gasteiger partial charge in [-0.1, -0.05) is 13.3 Å². The van der Waals surface area contributed by atoms with E-state index in [-0.39, 0.29) is 19.6 Å². The predicted octanol–water partition coefficient (Wildman–Crippen LogP) is 2.63. The minimum absolute atomic E-state index is 0.167. The first-order valence-corrected chi connectivity index (χ1v) is 14.3. The van der Waals surface area contributed by atoms with Gasteiger partial charge in [-0.2, -0.15) is 0 Å². The predicted molar refractivity (Wildman–Crippen MR) is 149 cm³/mol. The van der Waals surface area contributed by atoms with Crippen molar-refractivity contribution in [1.82, 2.24) is 30.6 Å². The Morgan fingerprint density at radius 2 is 1.61 bits per heavy atom. The molecule has 2 fully saturated rings. The van der Waals surface area contributed by atoms with Crippen LogP contribution in [0.15, 0.2) is 0 Å². The van der Waals surface area contributed by atoms with E-state index in [9.17, 15) is 24.0 Å². The molecule has 1 atom stereocenters. The number of hydroxylamine groups is 2. The van der Waals surface area contributed by atoms with Gasteiger partial charge in [0.1, 0.15) is 23.8 Å². The molecule has 41 heavy (non-hydrogen) atoms. The molecule has 0 unspecified atom stereocenters. The van der Waals surface area contributed by atoms with Crippen molar-refractivity contribution >= 4 is 30.0 Å². The second kappa shape index (κ2) is 14.6. The Hall–Kier alpha value is -3.29. The molecule has 2 aliphatic heterocycles. The summed E-state index contributed by atoms with van der Waals surface area (Å²) in [5.74, 6) is -1.21. The maximum Gasteiger partial charge on any atom is 0.411 e. The fourth-order valence-corrected chi connectivity index (χ4v) is 4.22. The molecule has 14 nitrogen and oxygen atoms in total. The quantitative estimate of drug-likeness (QED) is 0.310. The lowest BCUT2D eigenvalue weighted by atomic mass is 10.1. The Kier molecular flexibility index (Phi) is 12.0. The van der Waals surface area contributed by atoms with E-state index in [1.807, 2.05) is 6.92 Å². The Balaban J connectivity index is 1.99. The molecular formula is C27H48N6O8. The molecule has 0 radical (unpaired) electrons. The third-order valence-electron chi connectivity index (χ3n) is 6.28. The molecule has 2 N–H and O–H groups in total. The average molecular weight is 585 g/mol. The summed E-state index contributed by atoms with van der Waals surface area (Å²) in [5.41, 5.74) is 3.28. The minimum atomic E-state index is -0.807. The fourth-order valence-electron chi connectivity index (χ4n) is 4.22. The zero-order chi connectivity index (χ0) is 31.0. The molecule has 0 bridgehead atoms. The van der Waals surface area contributed by atoms with E-state index in [1.54, 1.807) is 48.5 Å². The molecule has 2 saturated heterocycles. The summed E-state index contributed by atoms with van der Waals surface area (Å²) < 4.78 is 10.8. The number of hydrogen-bond acceptors (Lipinski definition) is 8. The van der Waals surface area contributed by atoms with Crippen molar-refractivity contribution in [1.29, 1.82) is 0 Å². The van der Waals surface area contributed by atoms with Crippen LogP contribution in [0.3, 0.4) is 0 Å². The van der Waals surface area contributed by atoms with Crippen LogP contribution in [0.1, 0.15) is 81.1 Å². The summed E-state index contributed by atoms with van der Waals surface area (Å²) >= 11 is 0. The number of carbonyl (C=O) groups excluding carboxylic acids is 5. The van der Waals surface area contributed by atoms with E-state index in [2.05, 4.69) is 10.9 Å². The monoisotopic (exact) mass is 584 g/mol. The number of nitrogens with zero attached hydrogens (tertiary/aromatic N) is 4. The zero-order valence-corrected chi connectivity index (χ0v) is 25.8. The normalized spacial score (nSPS) is 18.3. The fraction of sp³-hybridized carbons (Fsp3) is 0.815. The molecule has 2 rings (SSSR count). The van der Waals surface area contributed by atoms with E-state index in [1.165, 1.54) is 19.8 Å². The molecule has 0 aromatic carbocycles.